The minimum absolute atomic E-state index is 0.0294. The number of para-hydroxylation sites is 1. The summed E-state index contributed by atoms with van der Waals surface area (Å²) >= 11 is 0. The van der Waals surface area contributed by atoms with Crippen molar-refractivity contribution in [1.29, 1.82) is 0 Å². The first-order valence-electron chi connectivity index (χ1n) is 10.8. The van der Waals surface area contributed by atoms with E-state index in [4.69, 9.17) is 0 Å². The molecule has 32 heavy (non-hydrogen) atoms. The smallest absolute Gasteiger partial charge is 0.253 e. The molecule has 2 atom stereocenters. The van der Waals surface area contributed by atoms with Crippen molar-refractivity contribution in [3.8, 4) is 0 Å². The summed E-state index contributed by atoms with van der Waals surface area (Å²) in [7, 11) is 0. The summed E-state index contributed by atoms with van der Waals surface area (Å²) in [6.45, 7) is 1.15. The van der Waals surface area contributed by atoms with Crippen molar-refractivity contribution in [3.63, 3.8) is 0 Å². The van der Waals surface area contributed by atoms with Crippen LogP contribution >= 0.6 is 0 Å². The molecule has 6 rings (SSSR count). The van der Waals surface area contributed by atoms with Gasteiger partial charge in [0, 0.05) is 35.9 Å². The van der Waals surface area contributed by atoms with Crippen molar-refractivity contribution in [2.75, 3.05) is 16.9 Å². The Bertz CT molecular complexity index is 1240. The molecule has 1 saturated heterocycles. The molecule has 0 radical (unpaired) electrons. The molecule has 0 saturated carbocycles. The number of fused-ring (bicyclic) bond motifs is 1. The molecule has 1 spiro atoms. The number of carbonyl (C=O) groups excluding carboxylic acids is 1. The monoisotopic (exact) mass is 421 g/mol. The number of hydrogen-bond acceptors (Lipinski definition) is 5. The van der Waals surface area contributed by atoms with Gasteiger partial charge in [-0.25, -0.2) is 0 Å². The molecule has 1 aromatic heterocycles. The maximum Gasteiger partial charge on any atom is 0.253 e. The van der Waals surface area contributed by atoms with Crippen LogP contribution in [0.4, 0.5) is 11.4 Å². The molecule has 1 amide bonds. The molecule has 1 aliphatic carbocycles. The van der Waals surface area contributed by atoms with E-state index in [2.05, 4.69) is 50.1 Å². The summed E-state index contributed by atoms with van der Waals surface area (Å²) in [6, 6.07) is 22.3. The van der Waals surface area contributed by atoms with Crippen LogP contribution in [0.3, 0.4) is 0 Å². The van der Waals surface area contributed by atoms with Crippen LogP contribution in [0.25, 0.3) is 0 Å². The van der Waals surface area contributed by atoms with Crippen molar-refractivity contribution in [2.45, 2.75) is 18.1 Å². The van der Waals surface area contributed by atoms with E-state index in [1.807, 2.05) is 67.0 Å². The van der Waals surface area contributed by atoms with Crippen LogP contribution in [0.5, 0.6) is 0 Å². The second-order valence-electron chi connectivity index (χ2n) is 8.25. The van der Waals surface area contributed by atoms with Gasteiger partial charge in [-0.2, -0.15) is 0 Å². The van der Waals surface area contributed by atoms with Crippen LogP contribution in [0.1, 0.15) is 11.1 Å². The Labute approximate surface area is 186 Å². The third-order valence-electron chi connectivity index (χ3n) is 6.56. The fraction of sp³-hybridized carbons (Fsp3) is 0.154. The molecule has 3 aliphatic rings. The summed E-state index contributed by atoms with van der Waals surface area (Å²) in [5.74, 6) is -0.0811. The summed E-state index contributed by atoms with van der Waals surface area (Å²) in [6.07, 6.45) is 7.73. The van der Waals surface area contributed by atoms with Gasteiger partial charge in [0.1, 0.15) is 5.54 Å². The van der Waals surface area contributed by atoms with E-state index >= 15 is 0 Å². The maximum absolute atomic E-state index is 13.3. The van der Waals surface area contributed by atoms with Crippen LogP contribution < -0.4 is 20.9 Å². The largest absolute Gasteiger partial charge is 0.356 e. The Morgan fingerprint density at radius 3 is 2.69 bits per heavy atom. The van der Waals surface area contributed by atoms with Gasteiger partial charge in [0.25, 0.3) is 5.91 Å². The average Bonchev–Trinajstić information content (AvgIpc) is 3.41. The van der Waals surface area contributed by atoms with Crippen molar-refractivity contribution in [2.24, 2.45) is 0 Å². The van der Waals surface area contributed by atoms with Crippen LogP contribution in [-0.4, -0.2) is 23.6 Å². The number of anilines is 2. The lowest BCUT2D eigenvalue weighted by molar-refractivity contribution is -0.117. The van der Waals surface area contributed by atoms with Crippen LogP contribution in [0, 0.1) is 0 Å². The van der Waals surface area contributed by atoms with Gasteiger partial charge in [-0.1, -0.05) is 54.6 Å². The Kier molecular flexibility index (Phi) is 4.33. The lowest BCUT2D eigenvalue weighted by Crippen LogP contribution is -2.49. The molecule has 1 fully saturated rings. The minimum atomic E-state index is -0.506. The quantitative estimate of drug-likeness (QED) is 0.603. The zero-order valence-electron chi connectivity index (χ0n) is 17.5. The van der Waals surface area contributed by atoms with E-state index in [9.17, 15) is 4.79 Å². The maximum atomic E-state index is 13.3. The van der Waals surface area contributed by atoms with Gasteiger partial charge >= 0.3 is 0 Å². The summed E-state index contributed by atoms with van der Waals surface area (Å²) in [4.78, 5) is 19.8. The van der Waals surface area contributed by atoms with Crippen molar-refractivity contribution >= 4 is 17.3 Å². The van der Waals surface area contributed by atoms with Crippen molar-refractivity contribution < 1.29 is 4.79 Å². The summed E-state index contributed by atoms with van der Waals surface area (Å²) in [5.41, 5.74) is 5.44. The molecular weight excluding hydrogens is 398 g/mol. The predicted molar refractivity (Wildman–Crippen MR) is 125 cm³/mol. The van der Waals surface area contributed by atoms with E-state index in [0.717, 1.165) is 28.2 Å². The van der Waals surface area contributed by atoms with Gasteiger partial charge in [-0.15, -0.1) is 0 Å². The molecular formula is C26H23N5O. The minimum Gasteiger partial charge on any atom is -0.356 e. The first kappa shape index (κ1) is 18.8. The van der Waals surface area contributed by atoms with Gasteiger partial charge in [0.2, 0.25) is 0 Å². The first-order valence-corrected chi connectivity index (χ1v) is 10.8. The Morgan fingerprint density at radius 1 is 1.06 bits per heavy atom. The Morgan fingerprint density at radius 2 is 1.84 bits per heavy atom. The number of pyridine rings is 1. The molecule has 6 heteroatoms. The first-order chi connectivity index (χ1) is 15.8. The highest BCUT2D eigenvalue weighted by molar-refractivity contribution is 5.99. The van der Waals surface area contributed by atoms with E-state index < -0.39 is 5.54 Å². The average molecular weight is 422 g/mol. The molecule has 0 bridgehead atoms. The normalized spacial score (nSPS) is 22.8. The predicted octanol–water partition coefficient (Wildman–Crippen LogP) is 3.28. The van der Waals surface area contributed by atoms with Crippen molar-refractivity contribution in [1.82, 2.24) is 15.6 Å². The second kappa shape index (κ2) is 7.35. The number of aromatic nitrogens is 1. The van der Waals surface area contributed by atoms with Gasteiger partial charge in [-0.05, 0) is 29.8 Å². The fourth-order valence-electron chi connectivity index (χ4n) is 5.09. The zero-order chi connectivity index (χ0) is 21.5. The molecule has 158 valence electrons. The number of hydrogen-bond donors (Lipinski definition) is 3. The highest BCUT2D eigenvalue weighted by Gasteiger charge is 2.56. The SMILES string of the molecule is O=C(NCc1ccccc1)C1=C2Nc3ccccc3C23NCN(c2ccncc2)C3C=C1. The number of nitrogens with zero attached hydrogens (tertiary/aromatic N) is 2. The lowest BCUT2D eigenvalue weighted by Gasteiger charge is -2.37. The number of carbonyl (C=O) groups is 1. The van der Waals surface area contributed by atoms with Crippen molar-refractivity contribution in [3.05, 3.63) is 114 Å². The third kappa shape index (κ3) is 2.77. The highest BCUT2D eigenvalue weighted by Crippen LogP contribution is 2.51. The zero-order valence-corrected chi connectivity index (χ0v) is 17.5. The molecule has 2 aliphatic heterocycles. The van der Waals surface area contributed by atoms with E-state index in [1.165, 1.54) is 0 Å². The fourth-order valence-corrected chi connectivity index (χ4v) is 5.09. The topological polar surface area (TPSA) is 69.3 Å². The molecule has 3 aromatic rings. The number of benzene rings is 2. The van der Waals surface area contributed by atoms with Crippen LogP contribution in [0.15, 0.2) is 103 Å². The summed E-state index contributed by atoms with van der Waals surface area (Å²) < 4.78 is 0. The van der Waals surface area contributed by atoms with E-state index in [-0.39, 0.29) is 11.9 Å². The number of rotatable bonds is 4. The standard InChI is InChI=1S/C26H23N5O/c32-25(28-16-18-6-2-1-3-7-18)20-10-11-23-26(21-8-4-5-9-22(21)30-24(20)26)29-17-31(23)19-12-14-27-15-13-19/h1-15,23,29-30H,16-17H2,(H,28,32). The molecule has 3 heterocycles. The third-order valence-corrected chi connectivity index (χ3v) is 6.56. The summed E-state index contributed by atoms with van der Waals surface area (Å²) in [5, 5.41) is 10.4. The van der Waals surface area contributed by atoms with E-state index in [1.54, 1.807) is 0 Å². The Hall–Kier alpha value is -3.90. The van der Waals surface area contributed by atoms with Gasteiger partial charge in [-0.3, -0.25) is 15.1 Å². The van der Waals surface area contributed by atoms with Gasteiger partial charge < -0.3 is 15.5 Å². The highest BCUT2D eigenvalue weighted by atomic mass is 16.1. The molecule has 2 unspecified atom stereocenters. The molecule has 3 N–H and O–H groups in total. The number of amides is 1. The van der Waals surface area contributed by atoms with Crippen LogP contribution in [-0.2, 0) is 16.9 Å². The molecule has 2 aromatic carbocycles. The second-order valence-corrected chi connectivity index (χ2v) is 8.25. The van der Waals surface area contributed by atoms with E-state index in [0.29, 0.717) is 18.8 Å². The van der Waals surface area contributed by atoms with Gasteiger partial charge in [0.15, 0.2) is 0 Å². The lowest BCUT2D eigenvalue weighted by atomic mass is 9.77. The number of nitrogens with one attached hydrogen (secondary N) is 3. The van der Waals surface area contributed by atoms with Gasteiger partial charge in [0.05, 0.1) is 24.0 Å². The van der Waals surface area contributed by atoms with Crippen LogP contribution in [0.2, 0.25) is 0 Å². The molecule has 6 nitrogen and oxygen atoms in total. The Balaban J connectivity index is 1.39.